The standard InChI is InChI=1S/C23H21ClN4O/c1-16-12-22-26-14-17(15-28(22)27-16)4-3-11-25-23(29)19-9-7-18(8-10-19)20-5-2-6-21(24)13-20/h2,5-10,12-15H,3-4,11H2,1H3,(H,25,29). The number of aryl methyl sites for hydroxylation is 2. The average molecular weight is 405 g/mol. The number of nitrogens with zero attached hydrogens (tertiary/aromatic N) is 3. The smallest absolute Gasteiger partial charge is 0.251 e. The van der Waals surface area contributed by atoms with Gasteiger partial charge in [-0.1, -0.05) is 35.9 Å². The lowest BCUT2D eigenvalue weighted by atomic mass is 10.0. The third kappa shape index (κ3) is 4.63. The van der Waals surface area contributed by atoms with E-state index < -0.39 is 0 Å². The fourth-order valence-electron chi connectivity index (χ4n) is 3.24. The maximum atomic E-state index is 12.4. The van der Waals surface area contributed by atoms with Crippen molar-refractivity contribution < 1.29 is 4.79 Å². The molecule has 0 atom stereocenters. The number of aromatic nitrogens is 3. The fourth-order valence-corrected chi connectivity index (χ4v) is 3.43. The van der Waals surface area contributed by atoms with Crippen LogP contribution in [0.5, 0.6) is 0 Å². The zero-order valence-electron chi connectivity index (χ0n) is 16.1. The Kier molecular flexibility index (Phi) is 5.58. The molecule has 2 aromatic carbocycles. The maximum absolute atomic E-state index is 12.4. The second-order valence-corrected chi connectivity index (χ2v) is 7.43. The van der Waals surface area contributed by atoms with Crippen LogP contribution in [0.2, 0.25) is 5.02 Å². The van der Waals surface area contributed by atoms with Crippen LogP contribution in [0.4, 0.5) is 0 Å². The Labute approximate surface area is 174 Å². The highest BCUT2D eigenvalue weighted by Crippen LogP contribution is 2.23. The molecule has 0 saturated heterocycles. The minimum Gasteiger partial charge on any atom is -0.352 e. The van der Waals surface area contributed by atoms with Crippen LogP contribution in [0, 0.1) is 6.92 Å². The van der Waals surface area contributed by atoms with E-state index in [1.165, 1.54) is 0 Å². The van der Waals surface area contributed by atoms with E-state index in [4.69, 9.17) is 11.6 Å². The summed E-state index contributed by atoms with van der Waals surface area (Å²) in [6.45, 7) is 2.55. The van der Waals surface area contributed by atoms with E-state index >= 15 is 0 Å². The molecule has 0 aliphatic rings. The normalized spacial score (nSPS) is 11.0. The summed E-state index contributed by atoms with van der Waals surface area (Å²) in [5, 5.41) is 8.05. The minimum atomic E-state index is -0.0704. The molecule has 146 valence electrons. The Morgan fingerprint density at radius 2 is 1.93 bits per heavy atom. The zero-order valence-corrected chi connectivity index (χ0v) is 16.9. The molecule has 0 saturated carbocycles. The summed E-state index contributed by atoms with van der Waals surface area (Å²) >= 11 is 6.05. The summed E-state index contributed by atoms with van der Waals surface area (Å²) in [6.07, 6.45) is 5.52. The Morgan fingerprint density at radius 3 is 2.72 bits per heavy atom. The quantitative estimate of drug-likeness (QED) is 0.473. The van der Waals surface area contributed by atoms with Crippen LogP contribution in [0.15, 0.2) is 67.0 Å². The van der Waals surface area contributed by atoms with Gasteiger partial charge in [-0.3, -0.25) is 4.79 Å². The predicted octanol–water partition coefficient (Wildman–Crippen LogP) is 4.72. The van der Waals surface area contributed by atoms with E-state index in [1.807, 2.05) is 73.9 Å². The van der Waals surface area contributed by atoms with E-state index in [2.05, 4.69) is 15.4 Å². The fraction of sp³-hybridized carbons (Fsp3) is 0.174. The summed E-state index contributed by atoms with van der Waals surface area (Å²) < 4.78 is 1.80. The second kappa shape index (κ2) is 8.45. The van der Waals surface area contributed by atoms with E-state index in [-0.39, 0.29) is 5.91 Å². The van der Waals surface area contributed by atoms with Gasteiger partial charge in [0.25, 0.3) is 5.91 Å². The molecule has 29 heavy (non-hydrogen) atoms. The molecule has 0 aliphatic carbocycles. The maximum Gasteiger partial charge on any atom is 0.251 e. The number of rotatable bonds is 6. The van der Waals surface area contributed by atoms with Crippen molar-refractivity contribution >= 4 is 23.2 Å². The van der Waals surface area contributed by atoms with Crippen LogP contribution in [-0.4, -0.2) is 27.0 Å². The van der Waals surface area contributed by atoms with Crippen LogP contribution in [0.3, 0.4) is 0 Å². The minimum absolute atomic E-state index is 0.0704. The second-order valence-electron chi connectivity index (χ2n) is 7.00. The van der Waals surface area contributed by atoms with Crippen molar-refractivity contribution in [2.24, 2.45) is 0 Å². The van der Waals surface area contributed by atoms with Gasteiger partial charge < -0.3 is 5.32 Å². The first-order valence-electron chi connectivity index (χ1n) is 9.53. The molecule has 1 amide bonds. The number of amides is 1. The Balaban J connectivity index is 1.30. The summed E-state index contributed by atoms with van der Waals surface area (Å²) in [7, 11) is 0. The van der Waals surface area contributed by atoms with Gasteiger partial charge in [0, 0.05) is 35.6 Å². The first kappa shape index (κ1) is 19.2. The van der Waals surface area contributed by atoms with Crippen LogP contribution >= 0.6 is 11.6 Å². The highest BCUT2D eigenvalue weighted by molar-refractivity contribution is 6.30. The van der Waals surface area contributed by atoms with Crippen molar-refractivity contribution in [2.45, 2.75) is 19.8 Å². The topological polar surface area (TPSA) is 59.3 Å². The molecular weight excluding hydrogens is 384 g/mol. The third-order valence-electron chi connectivity index (χ3n) is 4.72. The number of hydrogen-bond acceptors (Lipinski definition) is 3. The van der Waals surface area contributed by atoms with Crippen molar-refractivity contribution in [3.05, 3.63) is 88.8 Å². The largest absolute Gasteiger partial charge is 0.352 e. The molecule has 4 rings (SSSR count). The molecule has 0 unspecified atom stereocenters. The zero-order chi connectivity index (χ0) is 20.2. The molecule has 1 N–H and O–H groups in total. The first-order chi connectivity index (χ1) is 14.1. The molecule has 2 aromatic heterocycles. The molecule has 0 fully saturated rings. The number of nitrogens with one attached hydrogen (secondary N) is 1. The summed E-state index contributed by atoms with van der Waals surface area (Å²) in [5.41, 5.74) is 5.60. The van der Waals surface area contributed by atoms with Gasteiger partial charge >= 0.3 is 0 Å². The van der Waals surface area contributed by atoms with Gasteiger partial charge in [0.15, 0.2) is 5.65 Å². The van der Waals surface area contributed by atoms with Crippen molar-refractivity contribution in [1.82, 2.24) is 19.9 Å². The third-order valence-corrected chi connectivity index (χ3v) is 4.96. The molecule has 5 nitrogen and oxygen atoms in total. The number of carbonyl (C=O) groups excluding carboxylic acids is 1. The predicted molar refractivity (Wildman–Crippen MR) is 115 cm³/mol. The van der Waals surface area contributed by atoms with Gasteiger partial charge in [0.2, 0.25) is 0 Å². The molecule has 6 heteroatoms. The van der Waals surface area contributed by atoms with Gasteiger partial charge in [0.1, 0.15) is 0 Å². The van der Waals surface area contributed by atoms with Crippen LogP contribution in [0.25, 0.3) is 16.8 Å². The van der Waals surface area contributed by atoms with Crippen molar-refractivity contribution in [3.63, 3.8) is 0 Å². The number of halogens is 1. The molecule has 0 bridgehead atoms. The molecule has 0 spiro atoms. The Bertz CT molecular complexity index is 1150. The summed E-state index contributed by atoms with van der Waals surface area (Å²) in [4.78, 5) is 16.8. The molecule has 2 heterocycles. The Hall–Kier alpha value is -3.18. The highest BCUT2D eigenvalue weighted by Gasteiger charge is 2.06. The van der Waals surface area contributed by atoms with Crippen LogP contribution < -0.4 is 5.32 Å². The van der Waals surface area contributed by atoms with E-state index in [0.29, 0.717) is 17.1 Å². The van der Waals surface area contributed by atoms with E-state index in [1.54, 1.807) is 4.52 Å². The van der Waals surface area contributed by atoms with Crippen LogP contribution in [-0.2, 0) is 6.42 Å². The Morgan fingerprint density at radius 1 is 1.10 bits per heavy atom. The SMILES string of the molecule is Cc1cc2ncc(CCCNC(=O)c3ccc(-c4cccc(Cl)c4)cc3)cn2n1. The molecule has 4 aromatic rings. The average Bonchev–Trinajstić information content (AvgIpc) is 3.10. The highest BCUT2D eigenvalue weighted by atomic mass is 35.5. The van der Waals surface area contributed by atoms with Gasteiger partial charge in [-0.2, -0.15) is 5.10 Å². The van der Waals surface area contributed by atoms with Gasteiger partial charge in [0.05, 0.1) is 5.69 Å². The van der Waals surface area contributed by atoms with Crippen molar-refractivity contribution in [3.8, 4) is 11.1 Å². The monoisotopic (exact) mass is 404 g/mol. The number of hydrogen-bond donors (Lipinski definition) is 1. The van der Waals surface area contributed by atoms with Gasteiger partial charge in [-0.05, 0) is 60.7 Å². The lowest BCUT2D eigenvalue weighted by Gasteiger charge is -2.07. The van der Waals surface area contributed by atoms with Crippen molar-refractivity contribution in [1.29, 1.82) is 0 Å². The van der Waals surface area contributed by atoms with E-state index in [9.17, 15) is 4.79 Å². The number of fused-ring (bicyclic) bond motifs is 1. The summed E-state index contributed by atoms with van der Waals surface area (Å²) in [6, 6.07) is 17.2. The van der Waals surface area contributed by atoms with Crippen LogP contribution in [0.1, 0.15) is 28.0 Å². The summed E-state index contributed by atoms with van der Waals surface area (Å²) in [5.74, 6) is -0.0704. The molecular formula is C23H21ClN4O. The molecule has 0 aliphatic heterocycles. The number of benzene rings is 2. The van der Waals surface area contributed by atoms with Gasteiger partial charge in [-0.15, -0.1) is 0 Å². The van der Waals surface area contributed by atoms with Gasteiger partial charge in [-0.25, -0.2) is 9.50 Å². The first-order valence-corrected chi connectivity index (χ1v) is 9.91. The molecule has 0 radical (unpaired) electrons. The lowest BCUT2D eigenvalue weighted by molar-refractivity contribution is 0.0953. The van der Waals surface area contributed by atoms with E-state index in [0.717, 1.165) is 40.9 Å². The number of carbonyl (C=O) groups is 1. The van der Waals surface area contributed by atoms with Crippen molar-refractivity contribution in [2.75, 3.05) is 6.54 Å². The lowest BCUT2D eigenvalue weighted by Crippen LogP contribution is -2.24.